The van der Waals surface area contributed by atoms with E-state index in [1.807, 2.05) is 4.90 Å². The van der Waals surface area contributed by atoms with Crippen LogP contribution in [0.25, 0.3) is 0 Å². The van der Waals surface area contributed by atoms with Crippen LogP contribution >= 0.6 is 0 Å². The van der Waals surface area contributed by atoms with Gasteiger partial charge in [-0.2, -0.15) is 0 Å². The molecule has 25 heavy (non-hydrogen) atoms. The second-order valence-corrected chi connectivity index (χ2v) is 9.44. The van der Waals surface area contributed by atoms with Crippen LogP contribution in [0.1, 0.15) is 56.6 Å². The molecule has 136 valence electrons. The summed E-state index contributed by atoms with van der Waals surface area (Å²) in [6.07, 6.45) is 7.13. The van der Waals surface area contributed by atoms with Crippen molar-refractivity contribution in [1.82, 2.24) is 4.72 Å². The molecule has 4 rings (SSSR count). The van der Waals surface area contributed by atoms with Crippen LogP contribution in [-0.4, -0.2) is 26.9 Å². The number of amides is 1. The van der Waals surface area contributed by atoms with Crippen LogP contribution in [0.2, 0.25) is 0 Å². The summed E-state index contributed by atoms with van der Waals surface area (Å²) in [6, 6.07) is 3.61. The zero-order chi connectivity index (χ0) is 17.6. The molecule has 0 saturated heterocycles. The number of nitrogens with zero attached hydrogens (tertiary/aromatic N) is 1. The van der Waals surface area contributed by atoms with Crippen molar-refractivity contribution in [1.29, 1.82) is 0 Å². The molecule has 1 fully saturated rings. The molecule has 0 unspecified atom stereocenters. The van der Waals surface area contributed by atoms with Gasteiger partial charge in [-0.05, 0) is 61.3 Å². The first kappa shape index (κ1) is 17.0. The van der Waals surface area contributed by atoms with Crippen LogP contribution in [0.5, 0.6) is 0 Å². The number of carbonyl (C=O) groups is 1. The number of rotatable bonds is 3. The van der Waals surface area contributed by atoms with Gasteiger partial charge >= 0.3 is 0 Å². The summed E-state index contributed by atoms with van der Waals surface area (Å²) >= 11 is 0. The van der Waals surface area contributed by atoms with Crippen molar-refractivity contribution in [3.05, 3.63) is 23.3 Å². The van der Waals surface area contributed by atoms with E-state index in [1.54, 1.807) is 12.1 Å². The summed E-state index contributed by atoms with van der Waals surface area (Å²) in [6.45, 7) is 2.88. The number of hydrogen-bond donors (Lipinski definition) is 1. The highest BCUT2D eigenvalue weighted by atomic mass is 32.2. The molecular formula is C19H26N2O3S. The maximum Gasteiger partial charge on any atom is 0.240 e. The number of aryl methyl sites for hydroxylation is 2. The van der Waals surface area contributed by atoms with Gasteiger partial charge in [-0.25, -0.2) is 13.1 Å². The van der Waals surface area contributed by atoms with Gasteiger partial charge in [0, 0.05) is 19.0 Å². The lowest BCUT2D eigenvalue weighted by atomic mass is 9.87. The number of sulfonamides is 1. The molecule has 5 nitrogen and oxygen atoms in total. The topological polar surface area (TPSA) is 66.5 Å². The summed E-state index contributed by atoms with van der Waals surface area (Å²) in [5.74, 6) is 0.547. The fourth-order valence-corrected chi connectivity index (χ4v) is 6.01. The number of nitrogens with one attached hydrogen (secondary N) is 1. The second-order valence-electron chi connectivity index (χ2n) is 7.73. The van der Waals surface area contributed by atoms with Crippen molar-refractivity contribution < 1.29 is 13.2 Å². The van der Waals surface area contributed by atoms with E-state index in [9.17, 15) is 13.2 Å². The molecule has 1 aliphatic carbocycles. The quantitative estimate of drug-likeness (QED) is 0.899. The number of benzene rings is 1. The maximum atomic E-state index is 13.0. The Morgan fingerprint density at radius 2 is 1.76 bits per heavy atom. The first-order valence-corrected chi connectivity index (χ1v) is 10.9. The monoisotopic (exact) mass is 362 g/mol. The smallest absolute Gasteiger partial charge is 0.240 e. The van der Waals surface area contributed by atoms with Gasteiger partial charge in [-0.1, -0.05) is 19.8 Å². The lowest BCUT2D eigenvalue weighted by molar-refractivity contribution is -0.119. The number of hydrogen-bond acceptors (Lipinski definition) is 3. The molecule has 1 saturated carbocycles. The molecule has 1 N–H and O–H groups in total. The molecule has 0 spiro atoms. The Hall–Kier alpha value is -1.40. The fourth-order valence-electron chi connectivity index (χ4n) is 4.54. The van der Waals surface area contributed by atoms with Crippen LogP contribution in [-0.2, 0) is 27.7 Å². The van der Waals surface area contributed by atoms with Crippen LogP contribution in [0.4, 0.5) is 5.69 Å². The van der Waals surface area contributed by atoms with Crippen LogP contribution in [0.3, 0.4) is 0 Å². The Labute approximate surface area is 149 Å². The average Bonchev–Trinajstić information content (AvgIpc) is 2.60. The van der Waals surface area contributed by atoms with E-state index in [1.165, 1.54) is 6.42 Å². The summed E-state index contributed by atoms with van der Waals surface area (Å²) in [5.41, 5.74) is 3.00. The van der Waals surface area contributed by atoms with Crippen molar-refractivity contribution in [3.8, 4) is 0 Å². The number of carbonyl (C=O) groups excluding carboxylic acids is 1. The van der Waals surface area contributed by atoms with Gasteiger partial charge in [-0.3, -0.25) is 4.79 Å². The van der Waals surface area contributed by atoms with Crippen molar-refractivity contribution in [2.45, 2.75) is 69.2 Å². The third kappa shape index (κ3) is 3.10. The Bertz CT molecular complexity index is 786. The van der Waals surface area contributed by atoms with E-state index in [2.05, 4.69) is 11.6 Å². The van der Waals surface area contributed by atoms with Gasteiger partial charge in [0.05, 0.1) is 10.6 Å². The van der Waals surface area contributed by atoms with Crippen LogP contribution < -0.4 is 9.62 Å². The zero-order valence-corrected chi connectivity index (χ0v) is 15.6. The molecule has 2 atom stereocenters. The summed E-state index contributed by atoms with van der Waals surface area (Å²) in [7, 11) is -3.52. The van der Waals surface area contributed by atoms with Gasteiger partial charge in [-0.15, -0.1) is 0 Å². The summed E-state index contributed by atoms with van der Waals surface area (Å²) < 4.78 is 28.9. The molecule has 1 aromatic rings. The molecule has 6 heteroatoms. The molecule has 2 heterocycles. The summed E-state index contributed by atoms with van der Waals surface area (Å²) in [5, 5.41) is 0. The van der Waals surface area contributed by atoms with E-state index in [0.29, 0.717) is 23.7 Å². The van der Waals surface area contributed by atoms with E-state index in [4.69, 9.17) is 0 Å². The predicted molar refractivity (Wildman–Crippen MR) is 97.2 cm³/mol. The Kier molecular flexibility index (Phi) is 4.36. The van der Waals surface area contributed by atoms with Gasteiger partial charge in [0.25, 0.3) is 0 Å². The third-order valence-corrected chi connectivity index (χ3v) is 7.45. The van der Waals surface area contributed by atoms with Crippen molar-refractivity contribution in [2.24, 2.45) is 5.92 Å². The lowest BCUT2D eigenvalue weighted by Gasteiger charge is -2.35. The van der Waals surface area contributed by atoms with Crippen molar-refractivity contribution in [2.75, 3.05) is 11.4 Å². The van der Waals surface area contributed by atoms with Crippen molar-refractivity contribution in [3.63, 3.8) is 0 Å². The van der Waals surface area contributed by atoms with Gasteiger partial charge < -0.3 is 4.90 Å². The molecule has 0 radical (unpaired) electrons. The van der Waals surface area contributed by atoms with E-state index in [-0.39, 0.29) is 11.9 Å². The molecule has 1 aromatic carbocycles. The molecule has 1 amide bonds. The normalized spacial score (nSPS) is 26.4. The Morgan fingerprint density at radius 1 is 1.04 bits per heavy atom. The fraction of sp³-hybridized carbons (Fsp3) is 0.632. The zero-order valence-electron chi connectivity index (χ0n) is 14.8. The Balaban J connectivity index is 1.68. The van der Waals surface area contributed by atoms with Crippen LogP contribution in [0.15, 0.2) is 17.0 Å². The highest BCUT2D eigenvalue weighted by molar-refractivity contribution is 7.89. The van der Waals surface area contributed by atoms with E-state index >= 15 is 0 Å². The standard InChI is InChI=1S/C19H26N2O3S/c1-13-5-2-3-7-17(13)20-25(23,24)16-11-14-6-4-10-21-18(22)9-8-15(12-16)19(14)21/h11-13,17,20H,2-10H2,1H3/t13-,17-/m1/s1. The van der Waals surface area contributed by atoms with Crippen molar-refractivity contribution >= 4 is 21.6 Å². The first-order chi connectivity index (χ1) is 12.0. The third-order valence-electron chi connectivity index (χ3n) is 5.98. The minimum atomic E-state index is -3.52. The van der Waals surface area contributed by atoms with E-state index < -0.39 is 10.0 Å². The average molecular weight is 362 g/mol. The SMILES string of the molecule is C[C@@H]1CCCC[C@H]1NS(=O)(=O)c1cc2c3c(c1)CCC(=O)N3CCC2. The second kappa shape index (κ2) is 6.40. The van der Waals surface area contributed by atoms with Gasteiger partial charge in [0.2, 0.25) is 15.9 Å². The summed E-state index contributed by atoms with van der Waals surface area (Å²) in [4.78, 5) is 14.4. The Morgan fingerprint density at radius 3 is 2.52 bits per heavy atom. The minimum Gasteiger partial charge on any atom is -0.312 e. The first-order valence-electron chi connectivity index (χ1n) is 9.44. The van der Waals surface area contributed by atoms with E-state index in [0.717, 1.165) is 55.5 Å². The molecule has 0 bridgehead atoms. The minimum absolute atomic E-state index is 0.0317. The van der Waals surface area contributed by atoms with Crippen LogP contribution in [0, 0.1) is 5.92 Å². The molecular weight excluding hydrogens is 336 g/mol. The van der Waals surface area contributed by atoms with Gasteiger partial charge in [0.15, 0.2) is 0 Å². The lowest BCUT2D eigenvalue weighted by Crippen LogP contribution is -2.42. The number of anilines is 1. The molecule has 3 aliphatic rings. The highest BCUT2D eigenvalue weighted by Crippen LogP contribution is 2.37. The predicted octanol–water partition coefficient (Wildman–Crippen LogP) is 2.77. The largest absolute Gasteiger partial charge is 0.312 e. The van der Waals surface area contributed by atoms with Gasteiger partial charge in [0.1, 0.15) is 0 Å². The molecule has 2 aliphatic heterocycles. The molecule has 0 aromatic heterocycles. The maximum absolute atomic E-state index is 13.0. The highest BCUT2D eigenvalue weighted by Gasteiger charge is 2.32.